The number of hydrogen-bond donors (Lipinski definition) is 1. The Balaban J connectivity index is 2.04. The molecule has 0 aliphatic carbocycles. The first-order valence-electron chi connectivity index (χ1n) is 6.61. The van der Waals surface area contributed by atoms with Crippen LogP contribution in [-0.4, -0.2) is 11.7 Å². The summed E-state index contributed by atoms with van der Waals surface area (Å²) in [4.78, 5) is 12.1. The van der Waals surface area contributed by atoms with Crippen molar-refractivity contribution in [2.75, 3.05) is 6.61 Å². The van der Waals surface area contributed by atoms with Gasteiger partial charge in [0, 0.05) is 11.6 Å². The molecule has 4 nitrogen and oxygen atoms in total. The van der Waals surface area contributed by atoms with Crippen LogP contribution in [0.3, 0.4) is 0 Å². The van der Waals surface area contributed by atoms with Crippen molar-refractivity contribution in [3.63, 3.8) is 0 Å². The molecule has 0 amide bonds. The summed E-state index contributed by atoms with van der Waals surface area (Å²) in [6, 6.07) is 13.1. The van der Waals surface area contributed by atoms with Crippen LogP contribution in [0.1, 0.15) is 0 Å². The molecule has 0 aliphatic rings. The summed E-state index contributed by atoms with van der Waals surface area (Å²) >= 11 is 0. The maximum absolute atomic E-state index is 12.1. The topological polar surface area (TPSA) is 59.7 Å². The molecule has 0 spiro atoms. The van der Waals surface area contributed by atoms with E-state index < -0.39 is 0 Å². The number of fused-ring (bicyclic) bond motifs is 1. The lowest BCUT2D eigenvalue weighted by molar-refractivity contribution is 0.370. The van der Waals surface area contributed by atoms with Gasteiger partial charge in [-0.2, -0.15) is 0 Å². The van der Waals surface area contributed by atoms with E-state index in [9.17, 15) is 9.90 Å². The van der Waals surface area contributed by atoms with E-state index in [0.29, 0.717) is 17.1 Å². The predicted molar refractivity (Wildman–Crippen MR) is 83.9 cm³/mol. The number of benzene rings is 2. The van der Waals surface area contributed by atoms with Crippen LogP contribution in [0.25, 0.3) is 22.3 Å². The second-order valence-corrected chi connectivity index (χ2v) is 4.64. The third kappa shape index (κ3) is 2.52. The highest BCUT2D eigenvalue weighted by atomic mass is 16.5. The minimum absolute atomic E-state index is 0.0872. The van der Waals surface area contributed by atoms with E-state index in [-0.39, 0.29) is 23.2 Å². The molecule has 108 valence electrons. The molecule has 3 rings (SSSR count). The second-order valence-electron chi connectivity index (χ2n) is 4.64. The van der Waals surface area contributed by atoms with Gasteiger partial charge in [0.15, 0.2) is 5.43 Å². The van der Waals surface area contributed by atoms with Crippen molar-refractivity contribution in [1.29, 1.82) is 0 Å². The smallest absolute Gasteiger partial charge is 0.197 e. The summed E-state index contributed by atoms with van der Waals surface area (Å²) in [7, 11) is 0. The fourth-order valence-electron chi connectivity index (χ4n) is 2.17. The quantitative estimate of drug-likeness (QED) is 0.753. The van der Waals surface area contributed by atoms with Gasteiger partial charge in [0.05, 0.1) is 0 Å². The summed E-state index contributed by atoms with van der Waals surface area (Å²) in [6.45, 7) is 0.198. The highest BCUT2D eigenvalue weighted by Gasteiger charge is 2.10. The normalized spacial score (nSPS) is 10.3. The van der Waals surface area contributed by atoms with Gasteiger partial charge in [-0.3, -0.25) is 4.79 Å². The van der Waals surface area contributed by atoms with Gasteiger partial charge < -0.3 is 14.3 Å². The van der Waals surface area contributed by atoms with Crippen LogP contribution in [0.5, 0.6) is 11.5 Å². The van der Waals surface area contributed by atoms with Crippen molar-refractivity contribution < 1.29 is 14.3 Å². The molecule has 1 heterocycles. The number of phenols is 1. The molecule has 22 heavy (non-hydrogen) atoms. The van der Waals surface area contributed by atoms with E-state index in [1.165, 1.54) is 12.1 Å². The lowest BCUT2D eigenvalue weighted by Crippen LogP contribution is -2.00. The lowest BCUT2D eigenvalue weighted by Gasteiger charge is -2.06. The first kappa shape index (κ1) is 13.8. The van der Waals surface area contributed by atoms with E-state index in [2.05, 4.69) is 5.92 Å². The van der Waals surface area contributed by atoms with Gasteiger partial charge in [0.2, 0.25) is 0 Å². The molecule has 1 N–H and O–H groups in total. The molecule has 0 aliphatic heterocycles. The van der Waals surface area contributed by atoms with Crippen LogP contribution < -0.4 is 10.2 Å². The number of terminal acetylenes is 1. The van der Waals surface area contributed by atoms with Crippen LogP contribution in [0.15, 0.2) is 57.7 Å². The average molecular weight is 292 g/mol. The van der Waals surface area contributed by atoms with Gasteiger partial charge in [-0.25, -0.2) is 0 Å². The number of phenolic OH excluding ortho intramolecular Hbond substituents is 1. The van der Waals surface area contributed by atoms with Gasteiger partial charge in [-0.1, -0.05) is 12.0 Å². The molecule has 0 atom stereocenters. The monoisotopic (exact) mass is 292 g/mol. The molecule has 4 heteroatoms. The predicted octanol–water partition coefficient (Wildman–Crippen LogP) is 3.18. The van der Waals surface area contributed by atoms with Crippen molar-refractivity contribution in [2.24, 2.45) is 0 Å². The van der Waals surface area contributed by atoms with Crippen LogP contribution >= 0.6 is 0 Å². The summed E-state index contributed by atoms with van der Waals surface area (Å²) in [5.74, 6) is 3.37. The van der Waals surface area contributed by atoms with Gasteiger partial charge in [-0.05, 0) is 36.4 Å². The molecule has 2 aromatic carbocycles. The fraction of sp³-hybridized carbons (Fsp3) is 0.0556. The highest BCUT2D eigenvalue weighted by Crippen LogP contribution is 2.27. The number of ether oxygens (including phenoxy) is 1. The van der Waals surface area contributed by atoms with Crippen molar-refractivity contribution in [3.8, 4) is 35.2 Å². The number of aromatic hydroxyl groups is 1. The van der Waals surface area contributed by atoms with Crippen LogP contribution in [0.4, 0.5) is 0 Å². The van der Waals surface area contributed by atoms with Crippen LogP contribution in [0, 0.1) is 12.3 Å². The Kier molecular flexibility index (Phi) is 3.55. The first-order chi connectivity index (χ1) is 10.7. The first-order valence-corrected chi connectivity index (χ1v) is 6.61. The molecule has 0 fully saturated rings. The third-order valence-corrected chi connectivity index (χ3v) is 3.19. The molecular weight excluding hydrogens is 280 g/mol. The SMILES string of the molecule is C#CCOc1ccc(-c2cc(=O)c3c(O)cccc3o2)cc1. The minimum Gasteiger partial charge on any atom is -0.507 e. The lowest BCUT2D eigenvalue weighted by atomic mass is 10.1. The zero-order valence-electron chi connectivity index (χ0n) is 11.6. The minimum atomic E-state index is -0.290. The van der Waals surface area contributed by atoms with E-state index in [4.69, 9.17) is 15.6 Å². The molecule has 1 aromatic heterocycles. The summed E-state index contributed by atoms with van der Waals surface area (Å²) in [5.41, 5.74) is 0.785. The Morgan fingerprint density at radius 1 is 1.18 bits per heavy atom. The average Bonchev–Trinajstić information content (AvgIpc) is 2.53. The number of hydrogen-bond acceptors (Lipinski definition) is 4. The molecule has 0 bridgehead atoms. The molecule has 0 saturated heterocycles. The van der Waals surface area contributed by atoms with Gasteiger partial charge in [0.1, 0.15) is 34.8 Å². The van der Waals surface area contributed by atoms with Crippen molar-refractivity contribution in [1.82, 2.24) is 0 Å². The molecular formula is C18H12O4. The van der Waals surface area contributed by atoms with Crippen molar-refractivity contribution in [3.05, 3.63) is 58.8 Å². The second kappa shape index (κ2) is 5.66. The van der Waals surface area contributed by atoms with Crippen LogP contribution in [-0.2, 0) is 0 Å². The van der Waals surface area contributed by atoms with E-state index in [1.54, 1.807) is 36.4 Å². The summed E-state index contributed by atoms with van der Waals surface area (Å²) in [6.07, 6.45) is 5.13. The maximum Gasteiger partial charge on any atom is 0.197 e. The zero-order chi connectivity index (χ0) is 15.5. The summed E-state index contributed by atoms with van der Waals surface area (Å²) in [5, 5.41) is 9.92. The standard InChI is InChI=1S/C18H12O4/c1-2-10-21-13-8-6-12(7-9-13)17-11-15(20)18-14(19)4-3-5-16(18)22-17/h1,3-9,11,19H,10H2. The molecule has 0 unspecified atom stereocenters. The molecule has 0 radical (unpaired) electrons. The van der Waals surface area contributed by atoms with E-state index in [1.807, 2.05) is 0 Å². The van der Waals surface area contributed by atoms with E-state index >= 15 is 0 Å². The Labute approximate surface area is 126 Å². The largest absolute Gasteiger partial charge is 0.507 e. The third-order valence-electron chi connectivity index (χ3n) is 3.19. The zero-order valence-corrected chi connectivity index (χ0v) is 11.6. The maximum atomic E-state index is 12.1. The number of rotatable bonds is 3. The van der Waals surface area contributed by atoms with E-state index in [0.717, 1.165) is 5.56 Å². The van der Waals surface area contributed by atoms with Crippen molar-refractivity contribution in [2.45, 2.75) is 0 Å². The molecule has 3 aromatic rings. The van der Waals surface area contributed by atoms with Gasteiger partial charge in [0.25, 0.3) is 0 Å². The van der Waals surface area contributed by atoms with Gasteiger partial charge >= 0.3 is 0 Å². The molecule has 0 saturated carbocycles. The Morgan fingerprint density at radius 3 is 2.68 bits per heavy atom. The van der Waals surface area contributed by atoms with Crippen LogP contribution in [0.2, 0.25) is 0 Å². The Morgan fingerprint density at radius 2 is 1.95 bits per heavy atom. The Hall–Kier alpha value is -3.19. The summed E-state index contributed by atoms with van der Waals surface area (Å²) < 4.78 is 11.0. The Bertz CT molecular complexity index is 914. The van der Waals surface area contributed by atoms with Crippen molar-refractivity contribution >= 4 is 11.0 Å². The highest BCUT2D eigenvalue weighted by molar-refractivity contribution is 5.84. The fourth-order valence-corrected chi connectivity index (χ4v) is 2.17. The van der Waals surface area contributed by atoms with Gasteiger partial charge in [-0.15, -0.1) is 6.42 Å².